The van der Waals surface area contributed by atoms with Crippen LogP contribution in [-0.2, 0) is 28.5 Å². The summed E-state index contributed by atoms with van der Waals surface area (Å²) >= 11 is 0. The highest BCUT2D eigenvalue weighted by molar-refractivity contribution is 5.83. The first kappa shape index (κ1) is 17.9. The molecular weight excluding hydrogens is 276 g/mol. The summed E-state index contributed by atoms with van der Waals surface area (Å²) in [5.41, 5.74) is 0. The number of carbonyl (C=O) groups excluding carboxylic acids is 2. The Labute approximate surface area is 126 Å². The Morgan fingerprint density at radius 1 is 0.810 bits per heavy atom. The van der Waals surface area contributed by atoms with E-state index in [1.54, 1.807) is 13.8 Å². The average molecular weight is 302 g/mol. The van der Waals surface area contributed by atoms with Gasteiger partial charge in [-0.1, -0.05) is 0 Å². The van der Waals surface area contributed by atoms with Gasteiger partial charge in [0.15, 0.2) is 5.79 Å². The van der Waals surface area contributed by atoms with Crippen molar-refractivity contribution in [1.82, 2.24) is 0 Å². The Hall–Kier alpha value is -1.14. The summed E-state index contributed by atoms with van der Waals surface area (Å²) in [6.45, 7) is 8.66. The van der Waals surface area contributed by atoms with Gasteiger partial charge in [0.1, 0.15) is 0 Å². The summed E-state index contributed by atoms with van der Waals surface area (Å²) in [7, 11) is 0. The monoisotopic (exact) mass is 302 g/mol. The maximum absolute atomic E-state index is 12.1. The van der Waals surface area contributed by atoms with Crippen LogP contribution in [0.3, 0.4) is 0 Å². The lowest BCUT2D eigenvalue weighted by atomic mass is 9.96. The van der Waals surface area contributed by atoms with Crippen LogP contribution < -0.4 is 0 Å². The van der Waals surface area contributed by atoms with Crippen LogP contribution in [-0.4, -0.2) is 44.2 Å². The van der Waals surface area contributed by atoms with Crippen LogP contribution in [0.4, 0.5) is 0 Å². The third kappa shape index (κ3) is 4.41. The number of rotatable bonds is 8. The molecular formula is C15H26O6. The minimum atomic E-state index is -0.904. The molecule has 0 spiro atoms. The Bertz CT molecular complexity index is 320. The zero-order valence-electron chi connectivity index (χ0n) is 13.3. The highest BCUT2D eigenvalue weighted by atomic mass is 16.7. The Morgan fingerprint density at radius 3 is 1.48 bits per heavy atom. The van der Waals surface area contributed by atoms with E-state index in [2.05, 4.69) is 0 Å². The lowest BCUT2D eigenvalue weighted by molar-refractivity contribution is -0.231. The maximum Gasteiger partial charge on any atom is 0.310 e. The van der Waals surface area contributed by atoms with Gasteiger partial charge in [0.05, 0.1) is 25.0 Å². The fourth-order valence-corrected chi connectivity index (χ4v) is 2.84. The standard InChI is InChI=1S/C15H26O6/c1-5-18-13(16)11-9-15(20-7-3,21-8-4)10-12(11)14(17)19-6-2/h11-12H,5-10H2,1-4H3/t11-,12-/m0/s1. The van der Waals surface area contributed by atoms with E-state index < -0.39 is 29.6 Å². The number of esters is 2. The van der Waals surface area contributed by atoms with Gasteiger partial charge in [-0.2, -0.15) is 0 Å². The Morgan fingerprint density at radius 2 is 1.19 bits per heavy atom. The van der Waals surface area contributed by atoms with Gasteiger partial charge in [-0.15, -0.1) is 0 Å². The highest BCUT2D eigenvalue weighted by Gasteiger charge is 2.53. The van der Waals surface area contributed by atoms with Crippen molar-refractivity contribution in [2.45, 2.75) is 46.3 Å². The molecule has 6 heteroatoms. The molecule has 21 heavy (non-hydrogen) atoms. The van der Waals surface area contributed by atoms with E-state index in [4.69, 9.17) is 18.9 Å². The predicted octanol–water partition coefficient (Wildman–Crippen LogP) is 1.91. The summed E-state index contributed by atoms with van der Waals surface area (Å²) < 4.78 is 21.6. The minimum absolute atomic E-state index is 0.279. The molecule has 0 unspecified atom stereocenters. The zero-order chi connectivity index (χ0) is 15.9. The van der Waals surface area contributed by atoms with Gasteiger partial charge < -0.3 is 18.9 Å². The average Bonchev–Trinajstić information content (AvgIpc) is 2.80. The smallest absolute Gasteiger partial charge is 0.310 e. The highest BCUT2D eigenvalue weighted by Crippen LogP contribution is 2.44. The summed E-state index contributed by atoms with van der Waals surface area (Å²) in [5.74, 6) is -2.85. The quantitative estimate of drug-likeness (QED) is 0.504. The molecule has 0 saturated heterocycles. The number of carbonyl (C=O) groups is 2. The van der Waals surface area contributed by atoms with Gasteiger partial charge in [0.2, 0.25) is 0 Å². The molecule has 1 aliphatic carbocycles. The molecule has 0 aliphatic heterocycles. The molecule has 0 bridgehead atoms. The third-order valence-electron chi connectivity index (χ3n) is 3.54. The van der Waals surface area contributed by atoms with Crippen molar-refractivity contribution in [2.24, 2.45) is 11.8 Å². The van der Waals surface area contributed by atoms with Gasteiger partial charge >= 0.3 is 11.9 Å². The zero-order valence-corrected chi connectivity index (χ0v) is 13.3. The molecule has 0 N–H and O–H groups in total. The molecule has 1 aliphatic rings. The summed E-state index contributed by atoms with van der Waals surface area (Å²) in [6.07, 6.45) is 0.633. The molecule has 2 atom stereocenters. The van der Waals surface area contributed by atoms with Crippen molar-refractivity contribution in [3.8, 4) is 0 Å². The van der Waals surface area contributed by atoms with Crippen molar-refractivity contribution >= 4 is 11.9 Å². The Kier molecular flexibility index (Phi) is 7.11. The first-order valence-corrected chi connectivity index (χ1v) is 7.64. The van der Waals surface area contributed by atoms with E-state index in [-0.39, 0.29) is 13.2 Å². The second-order valence-corrected chi connectivity index (χ2v) is 4.90. The molecule has 0 aromatic heterocycles. The van der Waals surface area contributed by atoms with Crippen molar-refractivity contribution < 1.29 is 28.5 Å². The van der Waals surface area contributed by atoms with Crippen LogP contribution >= 0.6 is 0 Å². The normalized spacial score (nSPS) is 23.8. The van der Waals surface area contributed by atoms with Crippen LogP contribution in [0.25, 0.3) is 0 Å². The van der Waals surface area contributed by atoms with Crippen LogP contribution in [0.1, 0.15) is 40.5 Å². The minimum Gasteiger partial charge on any atom is -0.466 e. The van der Waals surface area contributed by atoms with Gasteiger partial charge in [0.25, 0.3) is 0 Å². The van der Waals surface area contributed by atoms with Crippen LogP contribution in [0.5, 0.6) is 0 Å². The summed E-state index contributed by atoms with van der Waals surface area (Å²) in [6, 6.07) is 0. The second-order valence-electron chi connectivity index (χ2n) is 4.90. The largest absolute Gasteiger partial charge is 0.466 e. The van der Waals surface area contributed by atoms with Crippen LogP contribution in [0.15, 0.2) is 0 Å². The van der Waals surface area contributed by atoms with Gasteiger partial charge in [-0.05, 0) is 27.7 Å². The van der Waals surface area contributed by atoms with E-state index >= 15 is 0 Å². The molecule has 122 valence electrons. The van der Waals surface area contributed by atoms with Gasteiger partial charge in [0, 0.05) is 26.1 Å². The van der Waals surface area contributed by atoms with Crippen molar-refractivity contribution in [1.29, 1.82) is 0 Å². The van der Waals surface area contributed by atoms with E-state index in [1.165, 1.54) is 0 Å². The van der Waals surface area contributed by atoms with E-state index in [9.17, 15) is 9.59 Å². The molecule has 0 amide bonds. The van der Waals surface area contributed by atoms with E-state index in [1.807, 2.05) is 13.8 Å². The lowest BCUT2D eigenvalue weighted by Crippen LogP contribution is -2.34. The topological polar surface area (TPSA) is 71.1 Å². The molecule has 0 aromatic carbocycles. The number of hydrogen-bond donors (Lipinski definition) is 0. The fraction of sp³-hybridized carbons (Fsp3) is 0.867. The maximum atomic E-state index is 12.1. The molecule has 0 heterocycles. The predicted molar refractivity (Wildman–Crippen MR) is 75.5 cm³/mol. The fourth-order valence-electron chi connectivity index (χ4n) is 2.84. The third-order valence-corrected chi connectivity index (χ3v) is 3.54. The lowest BCUT2D eigenvalue weighted by Gasteiger charge is -2.28. The van der Waals surface area contributed by atoms with Crippen molar-refractivity contribution in [3.63, 3.8) is 0 Å². The first-order chi connectivity index (χ1) is 10.0. The molecule has 0 aromatic rings. The van der Waals surface area contributed by atoms with Crippen LogP contribution in [0.2, 0.25) is 0 Å². The SMILES string of the molecule is CCOC(=O)[C@H]1CC(OCC)(OCC)C[C@@H]1C(=O)OCC. The number of ether oxygens (including phenoxy) is 4. The summed E-state index contributed by atoms with van der Waals surface area (Å²) in [5, 5.41) is 0. The van der Waals surface area contributed by atoms with E-state index in [0.29, 0.717) is 26.1 Å². The van der Waals surface area contributed by atoms with E-state index in [0.717, 1.165) is 0 Å². The van der Waals surface area contributed by atoms with Crippen molar-refractivity contribution in [3.05, 3.63) is 0 Å². The first-order valence-electron chi connectivity index (χ1n) is 7.64. The molecule has 1 saturated carbocycles. The molecule has 6 nitrogen and oxygen atoms in total. The van der Waals surface area contributed by atoms with Crippen LogP contribution in [0, 0.1) is 11.8 Å². The Balaban J connectivity index is 2.95. The number of hydrogen-bond acceptors (Lipinski definition) is 6. The summed E-state index contributed by atoms with van der Waals surface area (Å²) in [4.78, 5) is 24.2. The molecule has 0 radical (unpaired) electrons. The molecule has 1 fully saturated rings. The molecule has 1 rings (SSSR count). The van der Waals surface area contributed by atoms with Crippen molar-refractivity contribution in [2.75, 3.05) is 26.4 Å². The van der Waals surface area contributed by atoms with Gasteiger partial charge in [-0.3, -0.25) is 9.59 Å². The van der Waals surface area contributed by atoms with Gasteiger partial charge in [-0.25, -0.2) is 0 Å². The second kappa shape index (κ2) is 8.34.